The second kappa shape index (κ2) is 6.94. The fourth-order valence-electron chi connectivity index (χ4n) is 0.918. The summed E-state index contributed by atoms with van der Waals surface area (Å²) in [7, 11) is 0. The first-order valence-corrected chi connectivity index (χ1v) is 5.39. The molecule has 0 fully saturated rings. The SMILES string of the molecule is CC=C(C)C(C)=C([O])OC(C)=CC=C(C)C. The van der Waals surface area contributed by atoms with E-state index in [2.05, 4.69) is 0 Å². The highest BCUT2D eigenvalue weighted by molar-refractivity contribution is 5.27. The van der Waals surface area contributed by atoms with E-state index in [1.807, 2.05) is 39.8 Å². The Morgan fingerprint density at radius 2 is 1.56 bits per heavy atom. The van der Waals surface area contributed by atoms with Crippen molar-refractivity contribution in [3.63, 3.8) is 0 Å². The van der Waals surface area contributed by atoms with Crippen LogP contribution in [-0.4, -0.2) is 0 Å². The summed E-state index contributed by atoms with van der Waals surface area (Å²) in [5.41, 5.74) is 2.76. The average Bonchev–Trinajstić information content (AvgIpc) is 2.24. The van der Waals surface area contributed by atoms with Gasteiger partial charge >= 0.3 is 5.95 Å². The van der Waals surface area contributed by atoms with E-state index in [4.69, 9.17) is 4.74 Å². The standard InChI is InChI=1S/C14H21O2/c1-7-11(4)13(6)14(15)16-12(5)9-8-10(2)3/h7-9H,1-6H3. The third kappa shape index (κ3) is 5.44. The summed E-state index contributed by atoms with van der Waals surface area (Å²) in [4.78, 5) is 0. The highest BCUT2D eigenvalue weighted by Crippen LogP contribution is 2.16. The van der Waals surface area contributed by atoms with Crippen molar-refractivity contribution in [1.29, 1.82) is 0 Å². The van der Waals surface area contributed by atoms with Crippen molar-refractivity contribution in [3.05, 3.63) is 46.7 Å². The molecule has 0 atom stereocenters. The van der Waals surface area contributed by atoms with Crippen molar-refractivity contribution < 1.29 is 9.84 Å². The lowest BCUT2D eigenvalue weighted by Gasteiger charge is -2.05. The van der Waals surface area contributed by atoms with Crippen LogP contribution in [0.5, 0.6) is 0 Å². The molecular formula is C14H21O2. The van der Waals surface area contributed by atoms with E-state index in [1.54, 1.807) is 19.9 Å². The maximum atomic E-state index is 11.6. The minimum Gasteiger partial charge on any atom is -0.428 e. The molecule has 0 amide bonds. The van der Waals surface area contributed by atoms with E-state index in [9.17, 15) is 5.11 Å². The molecule has 89 valence electrons. The van der Waals surface area contributed by atoms with Crippen molar-refractivity contribution in [2.24, 2.45) is 0 Å². The second-order valence-corrected chi connectivity index (χ2v) is 4.01. The number of hydrogen-bond donors (Lipinski definition) is 0. The molecule has 0 aromatic carbocycles. The number of hydrogen-bond acceptors (Lipinski definition) is 1. The van der Waals surface area contributed by atoms with Crippen LogP contribution in [0.1, 0.15) is 41.5 Å². The van der Waals surface area contributed by atoms with Gasteiger partial charge in [-0.15, -0.1) is 0 Å². The van der Waals surface area contributed by atoms with E-state index >= 15 is 0 Å². The molecular weight excluding hydrogens is 200 g/mol. The molecule has 1 radical (unpaired) electrons. The largest absolute Gasteiger partial charge is 0.428 e. The highest BCUT2D eigenvalue weighted by Gasteiger charge is 2.06. The van der Waals surface area contributed by atoms with Gasteiger partial charge in [-0.25, -0.2) is 5.11 Å². The maximum Gasteiger partial charge on any atom is 0.339 e. The van der Waals surface area contributed by atoms with Crippen LogP contribution in [0.3, 0.4) is 0 Å². The summed E-state index contributed by atoms with van der Waals surface area (Å²) in [5.74, 6) is 0.320. The molecule has 0 aromatic heterocycles. The van der Waals surface area contributed by atoms with Crippen LogP contribution in [0.4, 0.5) is 0 Å². The van der Waals surface area contributed by atoms with E-state index in [1.165, 1.54) is 5.57 Å². The molecule has 16 heavy (non-hydrogen) atoms. The predicted octanol–water partition coefficient (Wildman–Crippen LogP) is 4.50. The first-order valence-electron chi connectivity index (χ1n) is 5.39. The van der Waals surface area contributed by atoms with E-state index in [0.717, 1.165) is 5.57 Å². The summed E-state index contributed by atoms with van der Waals surface area (Å²) in [5, 5.41) is 11.6. The molecule has 0 bridgehead atoms. The van der Waals surface area contributed by atoms with Gasteiger partial charge in [-0.1, -0.05) is 17.7 Å². The van der Waals surface area contributed by atoms with E-state index < -0.39 is 0 Å². The van der Waals surface area contributed by atoms with Crippen molar-refractivity contribution in [2.75, 3.05) is 0 Å². The lowest BCUT2D eigenvalue weighted by Crippen LogP contribution is -1.93. The van der Waals surface area contributed by atoms with Crippen LogP contribution in [0.25, 0.3) is 0 Å². The van der Waals surface area contributed by atoms with Gasteiger partial charge in [0.25, 0.3) is 0 Å². The highest BCUT2D eigenvalue weighted by atomic mass is 16.6. The van der Waals surface area contributed by atoms with Crippen LogP contribution in [0.15, 0.2) is 46.7 Å². The molecule has 0 heterocycles. The normalized spacial score (nSPS) is 14.4. The van der Waals surface area contributed by atoms with Crippen LogP contribution < -0.4 is 0 Å². The van der Waals surface area contributed by atoms with Gasteiger partial charge in [-0.05, 0) is 53.2 Å². The third-order valence-electron chi connectivity index (χ3n) is 2.24. The van der Waals surface area contributed by atoms with Gasteiger partial charge in [0.15, 0.2) is 0 Å². The van der Waals surface area contributed by atoms with E-state index in [-0.39, 0.29) is 5.95 Å². The molecule has 0 aromatic rings. The molecule has 2 heteroatoms. The molecule has 0 saturated heterocycles. The number of allylic oxidation sites excluding steroid dienone is 7. The molecule has 0 aliphatic carbocycles. The zero-order chi connectivity index (χ0) is 12.7. The Bertz CT molecular complexity index is 351. The predicted molar refractivity (Wildman–Crippen MR) is 67.1 cm³/mol. The van der Waals surface area contributed by atoms with Crippen LogP contribution in [-0.2, 0) is 9.84 Å². The van der Waals surface area contributed by atoms with Crippen molar-refractivity contribution in [3.8, 4) is 0 Å². The molecule has 0 rings (SSSR count). The Labute approximate surface area is 98.6 Å². The average molecular weight is 221 g/mol. The second-order valence-electron chi connectivity index (χ2n) is 4.01. The lowest BCUT2D eigenvalue weighted by molar-refractivity contribution is 0.0918. The molecule has 0 unspecified atom stereocenters. The van der Waals surface area contributed by atoms with Gasteiger partial charge < -0.3 is 4.74 Å². The Kier molecular flexibility index (Phi) is 6.31. The fraction of sp³-hybridized carbons (Fsp3) is 0.429. The quantitative estimate of drug-likeness (QED) is 0.507. The molecule has 0 aliphatic rings. The van der Waals surface area contributed by atoms with Gasteiger partial charge in [-0.3, -0.25) is 0 Å². The van der Waals surface area contributed by atoms with E-state index in [0.29, 0.717) is 11.3 Å². The van der Waals surface area contributed by atoms with Crippen molar-refractivity contribution >= 4 is 0 Å². The molecule has 2 nitrogen and oxygen atoms in total. The topological polar surface area (TPSA) is 29.1 Å². The van der Waals surface area contributed by atoms with Crippen molar-refractivity contribution in [1.82, 2.24) is 0 Å². The Balaban J connectivity index is 4.75. The summed E-state index contributed by atoms with van der Waals surface area (Å²) in [6.07, 6.45) is 5.61. The van der Waals surface area contributed by atoms with Gasteiger partial charge in [-0.2, -0.15) is 0 Å². The summed E-state index contributed by atoms with van der Waals surface area (Å²) < 4.78 is 5.19. The third-order valence-corrected chi connectivity index (χ3v) is 2.24. The van der Waals surface area contributed by atoms with Gasteiger partial charge in [0, 0.05) is 5.57 Å². The smallest absolute Gasteiger partial charge is 0.339 e. The molecule has 0 spiro atoms. The van der Waals surface area contributed by atoms with Crippen LogP contribution in [0.2, 0.25) is 0 Å². The minimum atomic E-state index is -0.286. The van der Waals surface area contributed by atoms with Gasteiger partial charge in [0.05, 0.1) is 0 Å². The molecule has 0 aliphatic heterocycles. The summed E-state index contributed by atoms with van der Waals surface area (Å²) in [6.45, 7) is 11.3. The van der Waals surface area contributed by atoms with Gasteiger partial charge in [0.1, 0.15) is 5.76 Å². The number of rotatable bonds is 4. The molecule has 0 N–H and O–H groups in total. The fourth-order valence-corrected chi connectivity index (χ4v) is 0.918. The Morgan fingerprint density at radius 1 is 1.00 bits per heavy atom. The Hall–Kier alpha value is -1.44. The first kappa shape index (κ1) is 14.6. The zero-order valence-electron chi connectivity index (χ0n) is 11.0. The van der Waals surface area contributed by atoms with Crippen LogP contribution in [0, 0.1) is 0 Å². The minimum absolute atomic E-state index is 0.286. The number of ether oxygens (including phenoxy) is 1. The first-order chi connectivity index (χ1) is 7.38. The molecule has 0 saturated carbocycles. The monoisotopic (exact) mass is 221 g/mol. The Morgan fingerprint density at radius 3 is 2.00 bits per heavy atom. The van der Waals surface area contributed by atoms with Crippen molar-refractivity contribution in [2.45, 2.75) is 41.5 Å². The zero-order valence-corrected chi connectivity index (χ0v) is 11.0. The summed E-state index contributed by atoms with van der Waals surface area (Å²) in [6, 6.07) is 0. The van der Waals surface area contributed by atoms with Gasteiger partial charge in [0.2, 0.25) is 0 Å². The summed E-state index contributed by atoms with van der Waals surface area (Å²) >= 11 is 0. The van der Waals surface area contributed by atoms with Crippen LogP contribution >= 0.6 is 0 Å². The maximum absolute atomic E-state index is 11.6. The lowest BCUT2D eigenvalue weighted by atomic mass is 10.1.